The van der Waals surface area contributed by atoms with E-state index >= 15 is 0 Å². The first-order valence-corrected chi connectivity index (χ1v) is 14.8. The summed E-state index contributed by atoms with van der Waals surface area (Å²) in [7, 11) is 0. The van der Waals surface area contributed by atoms with Crippen molar-refractivity contribution in [3.8, 4) is 0 Å². The van der Waals surface area contributed by atoms with Crippen molar-refractivity contribution in [3.05, 3.63) is 106 Å². The van der Waals surface area contributed by atoms with Crippen LogP contribution in [0.15, 0.2) is 72.8 Å². The van der Waals surface area contributed by atoms with Gasteiger partial charge in [-0.25, -0.2) is 0 Å². The fourth-order valence-electron chi connectivity index (χ4n) is 6.51. The number of Topliss-reactive ketones (excluding diaryl/α,β-unsaturated/α-hetero) is 1. The van der Waals surface area contributed by atoms with Crippen LogP contribution >= 0.6 is 46.4 Å². The molecule has 1 fully saturated rings. The quantitative estimate of drug-likeness (QED) is 0.131. The van der Waals surface area contributed by atoms with Gasteiger partial charge >= 0.3 is 5.97 Å². The van der Waals surface area contributed by atoms with Crippen LogP contribution in [-0.4, -0.2) is 47.0 Å². The summed E-state index contributed by atoms with van der Waals surface area (Å²) in [4.78, 5) is 52.1. The number of esters is 1. The molecular weight excluding hydrogens is 608 g/mol. The first-order chi connectivity index (χ1) is 19.6. The average Bonchev–Trinajstić information content (AvgIpc) is 3.24. The molecule has 10 heteroatoms. The minimum Gasteiger partial charge on any atom is -0.454 e. The number of alkyl halides is 3. The van der Waals surface area contributed by atoms with E-state index in [4.69, 9.17) is 51.1 Å². The molecule has 0 N–H and O–H groups in total. The van der Waals surface area contributed by atoms with Gasteiger partial charge in [0.15, 0.2) is 6.10 Å². The number of halogens is 4. The SMILES string of the molecule is O=C(CCN1C(=O)[C@@H]2[C@H](C1=O)C1(Cl)c3ccccc3C2(Cl)c2ccccc21)O[C@H](CCCl)C(=O)c1ccc(Cl)cc1. The van der Waals surface area contributed by atoms with E-state index in [2.05, 4.69) is 0 Å². The van der Waals surface area contributed by atoms with Crippen molar-refractivity contribution in [2.45, 2.75) is 28.7 Å². The zero-order valence-corrected chi connectivity index (χ0v) is 24.5. The average molecular weight is 631 g/mol. The third-order valence-electron chi connectivity index (χ3n) is 8.28. The van der Waals surface area contributed by atoms with Crippen LogP contribution in [0.1, 0.15) is 45.5 Å². The van der Waals surface area contributed by atoms with Gasteiger partial charge in [0.2, 0.25) is 17.6 Å². The van der Waals surface area contributed by atoms with Crippen molar-refractivity contribution < 1.29 is 23.9 Å². The Morgan fingerprint density at radius 3 is 1.71 bits per heavy atom. The minimum absolute atomic E-state index is 0.0838. The number of ether oxygens (including phenoxy) is 1. The minimum atomic E-state index is -1.30. The fraction of sp³-hybridized carbons (Fsp3) is 0.290. The van der Waals surface area contributed by atoms with Gasteiger partial charge in [0, 0.05) is 29.4 Å². The predicted octanol–water partition coefficient (Wildman–Crippen LogP) is 6.05. The standard InChI is InChI=1S/C31H23Cl4NO5/c32-15-13-23(27(38)17-9-11-18(33)12-10-17)41-24(37)14-16-36-28(39)25-26(29(36)40)31(35)20-6-2-1-5-19(20)30(25,34)21-7-3-4-8-22(21)31/h1-12,23,25-26H,13-16H2/t23-,25-,26+,30?,31?/m1/s1. The lowest BCUT2D eigenvalue weighted by atomic mass is 9.54. The van der Waals surface area contributed by atoms with Crippen molar-refractivity contribution >= 4 is 70.0 Å². The van der Waals surface area contributed by atoms with Gasteiger partial charge in [0.1, 0.15) is 9.75 Å². The fourth-order valence-corrected chi connectivity index (χ4v) is 7.93. The molecule has 0 radical (unpaired) electrons. The molecular formula is C31H23Cl4NO5. The molecule has 3 atom stereocenters. The second-order valence-corrected chi connectivity index (χ2v) is 12.4. The van der Waals surface area contributed by atoms with E-state index in [1.807, 2.05) is 48.5 Å². The van der Waals surface area contributed by atoms with E-state index < -0.39 is 51.3 Å². The summed E-state index contributed by atoms with van der Waals surface area (Å²) in [6, 6.07) is 20.9. The number of nitrogens with zero attached hydrogens (tertiary/aromatic N) is 1. The van der Waals surface area contributed by atoms with Crippen molar-refractivity contribution in [1.29, 1.82) is 0 Å². The molecule has 2 amide bonds. The van der Waals surface area contributed by atoms with Crippen LogP contribution in [0, 0.1) is 11.8 Å². The molecule has 3 aliphatic carbocycles. The topological polar surface area (TPSA) is 80.8 Å². The summed E-state index contributed by atoms with van der Waals surface area (Å²) in [6.07, 6.45) is -1.33. The van der Waals surface area contributed by atoms with E-state index in [0.29, 0.717) is 32.8 Å². The molecule has 6 nitrogen and oxygen atoms in total. The highest BCUT2D eigenvalue weighted by Crippen LogP contribution is 2.69. The largest absolute Gasteiger partial charge is 0.454 e. The molecule has 0 saturated carbocycles. The third-order valence-corrected chi connectivity index (χ3v) is 10.0. The first-order valence-electron chi connectivity index (χ1n) is 13.1. The van der Waals surface area contributed by atoms with E-state index in [1.165, 1.54) is 12.1 Å². The van der Waals surface area contributed by atoms with E-state index in [9.17, 15) is 19.2 Å². The second kappa shape index (κ2) is 10.4. The summed E-state index contributed by atoms with van der Waals surface area (Å²) in [5.74, 6) is -3.97. The Kier molecular flexibility index (Phi) is 7.18. The number of imide groups is 1. The number of carbonyl (C=O) groups excluding carboxylic acids is 4. The van der Waals surface area contributed by atoms with Crippen molar-refractivity contribution in [2.75, 3.05) is 12.4 Å². The molecule has 0 unspecified atom stereocenters. The van der Waals surface area contributed by atoms with Gasteiger partial charge in [-0.1, -0.05) is 60.1 Å². The maximum Gasteiger partial charge on any atom is 0.308 e. The second-order valence-electron chi connectivity index (χ2n) is 10.4. The molecule has 1 saturated heterocycles. The van der Waals surface area contributed by atoms with Crippen LogP contribution in [0.3, 0.4) is 0 Å². The number of benzene rings is 3. The Balaban J connectivity index is 1.25. The normalized spacial score (nSPS) is 26.3. The highest BCUT2D eigenvalue weighted by atomic mass is 35.5. The maximum absolute atomic E-state index is 13.9. The van der Waals surface area contributed by atoms with E-state index in [0.717, 1.165) is 4.90 Å². The van der Waals surface area contributed by atoms with Crippen LogP contribution in [0.2, 0.25) is 5.02 Å². The monoisotopic (exact) mass is 629 g/mol. The molecule has 1 aliphatic heterocycles. The Labute approximate surface area is 256 Å². The Bertz CT molecular complexity index is 1470. The predicted molar refractivity (Wildman–Crippen MR) is 155 cm³/mol. The van der Waals surface area contributed by atoms with Crippen molar-refractivity contribution in [1.82, 2.24) is 4.90 Å². The number of ketones is 1. The number of hydrogen-bond acceptors (Lipinski definition) is 5. The number of carbonyl (C=O) groups is 4. The van der Waals surface area contributed by atoms with Gasteiger partial charge in [-0.05, 0) is 46.5 Å². The summed E-state index contributed by atoms with van der Waals surface area (Å²) in [6.45, 7) is -0.237. The number of likely N-dealkylation sites (tertiary alicyclic amines) is 1. The van der Waals surface area contributed by atoms with Crippen molar-refractivity contribution in [2.24, 2.45) is 11.8 Å². The zero-order chi connectivity index (χ0) is 29.1. The van der Waals surface area contributed by atoms with Crippen LogP contribution in [0.4, 0.5) is 0 Å². The Morgan fingerprint density at radius 1 is 0.805 bits per heavy atom. The highest BCUT2D eigenvalue weighted by Gasteiger charge is 2.72. The van der Waals surface area contributed by atoms with E-state index in [-0.39, 0.29) is 25.3 Å². The smallest absolute Gasteiger partial charge is 0.308 e. The molecule has 0 aromatic heterocycles. The van der Waals surface area contributed by atoms with Gasteiger partial charge in [-0.2, -0.15) is 0 Å². The van der Waals surface area contributed by atoms with Crippen LogP contribution in [0.25, 0.3) is 0 Å². The lowest BCUT2D eigenvalue weighted by Crippen LogP contribution is -2.57. The molecule has 0 spiro atoms. The molecule has 1 heterocycles. The van der Waals surface area contributed by atoms with Gasteiger partial charge in [0.25, 0.3) is 0 Å². The molecule has 41 heavy (non-hydrogen) atoms. The highest BCUT2D eigenvalue weighted by molar-refractivity contribution is 6.36. The number of rotatable bonds is 8. The summed E-state index contributed by atoms with van der Waals surface area (Å²) in [5.41, 5.74) is 3.11. The lowest BCUT2D eigenvalue weighted by molar-refractivity contribution is -0.148. The molecule has 7 rings (SSSR count). The van der Waals surface area contributed by atoms with Gasteiger partial charge in [-0.15, -0.1) is 34.8 Å². The summed E-state index contributed by atoms with van der Waals surface area (Å²) in [5, 5.41) is 0.463. The first kappa shape index (κ1) is 28.2. The number of hydrogen-bond donors (Lipinski definition) is 0. The molecule has 4 aliphatic rings. The van der Waals surface area contributed by atoms with Gasteiger partial charge < -0.3 is 4.74 Å². The molecule has 3 aromatic rings. The van der Waals surface area contributed by atoms with Crippen LogP contribution in [-0.2, 0) is 28.9 Å². The van der Waals surface area contributed by atoms with Gasteiger partial charge in [0.05, 0.1) is 18.3 Å². The molecule has 2 bridgehead atoms. The summed E-state index contributed by atoms with van der Waals surface area (Å²) >= 11 is 26.6. The lowest BCUT2D eigenvalue weighted by Gasteiger charge is -2.54. The van der Waals surface area contributed by atoms with Crippen LogP contribution < -0.4 is 0 Å². The van der Waals surface area contributed by atoms with E-state index in [1.54, 1.807) is 12.1 Å². The third kappa shape index (κ3) is 4.14. The van der Waals surface area contributed by atoms with Crippen LogP contribution in [0.5, 0.6) is 0 Å². The zero-order valence-electron chi connectivity index (χ0n) is 21.5. The maximum atomic E-state index is 13.9. The Hall–Kier alpha value is -2.90. The van der Waals surface area contributed by atoms with Crippen molar-refractivity contribution in [3.63, 3.8) is 0 Å². The van der Waals surface area contributed by atoms with Gasteiger partial charge in [-0.3, -0.25) is 24.1 Å². The molecule has 210 valence electrons. The Morgan fingerprint density at radius 2 is 1.27 bits per heavy atom. The summed E-state index contributed by atoms with van der Waals surface area (Å²) < 4.78 is 5.47. The number of amides is 2. The molecule has 3 aromatic carbocycles.